The molecule has 0 spiro atoms. The molecule has 0 saturated carbocycles. The Morgan fingerprint density at radius 3 is 2.75 bits per heavy atom. The van der Waals surface area contributed by atoms with Gasteiger partial charge < -0.3 is 15.2 Å². The molecule has 0 aromatic carbocycles. The number of rotatable bonds is 4. The molecule has 0 radical (unpaired) electrons. The topological polar surface area (TPSA) is 78.9 Å². The van der Waals surface area contributed by atoms with Gasteiger partial charge in [-0.1, -0.05) is 0 Å². The molecule has 6 nitrogen and oxygen atoms in total. The summed E-state index contributed by atoms with van der Waals surface area (Å²) in [5.74, 6) is -0.486. The number of carbonyl (C=O) groups excluding carboxylic acids is 2. The van der Waals surface area contributed by atoms with Gasteiger partial charge in [0, 0.05) is 20.0 Å². The van der Waals surface area contributed by atoms with Crippen LogP contribution in [0.25, 0.3) is 0 Å². The van der Waals surface area contributed by atoms with Crippen LogP contribution in [0.5, 0.6) is 0 Å². The summed E-state index contributed by atoms with van der Waals surface area (Å²) in [5.41, 5.74) is 0. The van der Waals surface area contributed by atoms with Crippen LogP contribution in [-0.4, -0.2) is 60.3 Å². The predicted molar refractivity (Wildman–Crippen MR) is 56.7 cm³/mol. The molecule has 1 aliphatic heterocycles. The first-order valence-corrected chi connectivity index (χ1v) is 5.36. The molecule has 16 heavy (non-hydrogen) atoms. The number of aliphatic hydroxyl groups is 1. The summed E-state index contributed by atoms with van der Waals surface area (Å²) in [6, 6.07) is -0.299. The van der Waals surface area contributed by atoms with Crippen molar-refractivity contribution >= 4 is 11.9 Å². The molecule has 0 aromatic heterocycles. The third-order valence-corrected chi connectivity index (χ3v) is 2.41. The van der Waals surface area contributed by atoms with Crippen molar-refractivity contribution < 1.29 is 19.4 Å². The highest BCUT2D eigenvalue weighted by molar-refractivity contribution is 5.73. The van der Waals surface area contributed by atoms with E-state index in [2.05, 4.69) is 5.32 Å². The van der Waals surface area contributed by atoms with Gasteiger partial charge in [0.25, 0.3) is 0 Å². The molecule has 0 aliphatic carbocycles. The van der Waals surface area contributed by atoms with Gasteiger partial charge in [-0.25, -0.2) is 0 Å². The van der Waals surface area contributed by atoms with Gasteiger partial charge in [-0.15, -0.1) is 0 Å². The van der Waals surface area contributed by atoms with Crippen molar-refractivity contribution in [2.24, 2.45) is 0 Å². The van der Waals surface area contributed by atoms with E-state index >= 15 is 0 Å². The Morgan fingerprint density at radius 1 is 1.50 bits per heavy atom. The fraction of sp³-hybridized carbons (Fsp3) is 0.800. The molecule has 1 rings (SSSR count). The van der Waals surface area contributed by atoms with E-state index < -0.39 is 6.10 Å². The van der Waals surface area contributed by atoms with Crippen LogP contribution in [0.2, 0.25) is 0 Å². The van der Waals surface area contributed by atoms with Crippen LogP contribution in [-0.2, 0) is 14.3 Å². The molecule has 0 bridgehead atoms. The molecule has 2 atom stereocenters. The zero-order valence-corrected chi connectivity index (χ0v) is 9.60. The summed E-state index contributed by atoms with van der Waals surface area (Å²) in [4.78, 5) is 23.8. The molecule has 6 heteroatoms. The predicted octanol–water partition coefficient (Wildman–Crippen LogP) is -1.27. The Balaban J connectivity index is 2.37. The Hall–Kier alpha value is -1.14. The number of hydrogen-bond donors (Lipinski definition) is 2. The zero-order chi connectivity index (χ0) is 12.1. The number of nitrogens with zero attached hydrogens (tertiary/aromatic N) is 1. The van der Waals surface area contributed by atoms with Crippen molar-refractivity contribution in [2.45, 2.75) is 26.0 Å². The summed E-state index contributed by atoms with van der Waals surface area (Å²) < 4.78 is 4.81. The normalized spacial score (nSPS) is 25.4. The van der Waals surface area contributed by atoms with Crippen LogP contribution >= 0.6 is 0 Å². The highest BCUT2D eigenvalue weighted by atomic mass is 16.5. The highest BCUT2D eigenvalue weighted by Crippen LogP contribution is 2.09. The molecular weight excluding hydrogens is 212 g/mol. The van der Waals surface area contributed by atoms with Crippen molar-refractivity contribution in [1.29, 1.82) is 0 Å². The van der Waals surface area contributed by atoms with Gasteiger partial charge in [0.2, 0.25) is 5.91 Å². The Labute approximate surface area is 94.6 Å². The average Bonchev–Trinajstić information content (AvgIpc) is 2.45. The van der Waals surface area contributed by atoms with Crippen LogP contribution in [0.15, 0.2) is 0 Å². The second kappa shape index (κ2) is 5.81. The summed E-state index contributed by atoms with van der Waals surface area (Å²) in [6.45, 7) is 4.51. The molecule has 2 N–H and O–H groups in total. The number of amides is 1. The lowest BCUT2D eigenvalue weighted by molar-refractivity contribution is -0.144. The molecule has 1 fully saturated rings. The monoisotopic (exact) mass is 230 g/mol. The number of aliphatic hydroxyl groups excluding tert-OH is 1. The number of esters is 1. The number of carbonyl (C=O) groups is 2. The minimum atomic E-state index is -0.627. The average molecular weight is 230 g/mol. The fourth-order valence-corrected chi connectivity index (χ4v) is 1.79. The molecule has 0 aromatic rings. The van der Waals surface area contributed by atoms with Gasteiger partial charge in [0.15, 0.2) is 0 Å². The Morgan fingerprint density at radius 2 is 2.19 bits per heavy atom. The van der Waals surface area contributed by atoms with Gasteiger partial charge in [-0.3, -0.25) is 14.5 Å². The van der Waals surface area contributed by atoms with Crippen LogP contribution in [0.1, 0.15) is 13.8 Å². The summed E-state index contributed by atoms with van der Waals surface area (Å²) in [7, 11) is 0. The van der Waals surface area contributed by atoms with Gasteiger partial charge in [-0.05, 0) is 6.92 Å². The van der Waals surface area contributed by atoms with E-state index in [4.69, 9.17) is 4.74 Å². The van der Waals surface area contributed by atoms with E-state index in [9.17, 15) is 14.7 Å². The zero-order valence-electron chi connectivity index (χ0n) is 9.60. The minimum Gasteiger partial charge on any atom is -0.465 e. The summed E-state index contributed by atoms with van der Waals surface area (Å²) >= 11 is 0. The number of ether oxygens (including phenoxy) is 1. The quantitative estimate of drug-likeness (QED) is 0.589. The maximum Gasteiger partial charge on any atom is 0.320 e. The van der Waals surface area contributed by atoms with Gasteiger partial charge in [0.1, 0.15) is 0 Å². The fourth-order valence-electron chi connectivity index (χ4n) is 1.79. The van der Waals surface area contributed by atoms with Gasteiger partial charge in [0.05, 0.1) is 25.3 Å². The summed E-state index contributed by atoms with van der Waals surface area (Å²) in [6.07, 6.45) is -0.627. The number of hydrogen-bond acceptors (Lipinski definition) is 5. The summed E-state index contributed by atoms with van der Waals surface area (Å²) in [5, 5.41) is 12.3. The molecule has 0 unspecified atom stereocenters. The minimum absolute atomic E-state index is 0.154. The van der Waals surface area contributed by atoms with Crippen LogP contribution in [0.3, 0.4) is 0 Å². The SMILES string of the molecule is CCOC(=O)CN1C[C@H](O)[C@H](NC(C)=O)C1. The van der Waals surface area contributed by atoms with Crippen molar-refractivity contribution in [3.63, 3.8) is 0 Å². The first-order chi connectivity index (χ1) is 7.52. The first-order valence-electron chi connectivity index (χ1n) is 5.36. The highest BCUT2D eigenvalue weighted by Gasteiger charge is 2.32. The van der Waals surface area contributed by atoms with Crippen molar-refractivity contribution in [3.05, 3.63) is 0 Å². The second-order valence-electron chi connectivity index (χ2n) is 3.87. The Kier molecular flexibility index (Phi) is 4.70. The first kappa shape index (κ1) is 12.9. The lowest BCUT2D eigenvalue weighted by atomic mass is 10.2. The van der Waals surface area contributed by atoms with Crippen LogP contribution in [0.4, 0.5) is 0 Å². The van der Waals surface area contributed by atoms with Crippen molar-refractivity contribution in [3.8, 4) is 0 Å². The van der Waals surface area contributed by atoms with Crippen molar-refractivity contribution in [2.75, 3.05) is 26.2 Å². The largest absolute Gasteiger partial charge is 0.465 e. The number of likely N-dealkylation sites (tertiary alicyclic amines) is 1. The molecule has 1 amide bonds. The number of nitrogens with one attached hydrogen (secondary N) is 1. The molecule has 92 valence electrons. The van der Waals surface area contributed by atoms with Gasteiger partial charge in [-0.2, -0.15) is 0 Å². The molecular formula is C10H18N2O4. The standard InChI is InChI=1S/C10H18N2O4/c1-3-16-10(15)6-12-4-8(9(14)5-12)11-7(2)13/h8-9,14H,3-6H2,1-2H3,(H,11,13)/t8-,9+/m1/s1. The van der Waals surface area contributed by atoms with E-state index in [-0.39, 0.29) is 24.5 Å². The van der Waals surface area contributed by atoms with Crippen LogP contribution in [0, 0.1) is 0 Å². The van der Waals surface area contributed by atoms with E-state index in [1.165, 1.54) is 6.92 Å². The molecule has 1 aliphatic rings. The van der Waals surface area contributed by atoms with E-state index in [1.54, 1.807) is 11.8 Å². The maximum atomic E-state index is 11.2. The third-order valence-electron chi connectivity index (χ3n) is 2.41. The molecule has 1 saturated heterocycles. The maximum absolute atomic E-state index is 11.2. The smallest absolute Gasteiger partial charge is 0.320 e. The van der Waals surface area contributed by atoms with Crippen LogP contribution < -0.4 is 5.32 Å². The van der Waals surface area contributed by atoms with Crippen molar-refractivity contribution in [1.82, 2.24) is 10.2 Å². The number of β-amino-alcohol motifs (C(OH)–C–C–N with tert-alkyl or cyclic N) is 1. The lowest BCUT2D eigenvalue weighted by Gasteiger charge is -2.14. The van der Waals surface area contributed by atoms with Gasteiger partial charge >= 0.3 is 5.97 Å². The Bertz CT molecular complexity index is 270. The lowest BCUT2D eigenvalue weighted by Crippen LogP contribution is -2.41. The molecule has 1 heterocycles. The second-order valence-corrected chi connectivity index (χ2v) is 3.87. The van der Waals surface area contributed by atoms with E-state index in [1.807, 2.05) is 0 Å². The third kappa shape index (κ3) is 3.79. The van der Waals surface area contributed by atoms with E-state index in [0.29, 0.717) is 19.7 Å². The van der Waals surface area contributed by atoms with E-state index in [0.717, 1.165) is 0 Å².